The van der Waals surface area contributed by atoms with Gasteiger partial charge < -0.3 is 29.9 Å². The summed E-state index contributed by atoms with van der Waals surface area (Å²) in [5.74, 6) is -1.63. The van der Waals surface area contributed by atoms with Gasteiger partial charge in [0.15, 0.2) is 5.60 Å². The molecule has 2 atom stereocenters. The van der Waals surface area contributed by atoms with Crippen molar-refractivity contribution in [2.45, 2.75) is 31.0 Å². The summed E-state index contributed by atoms with van der Waals surface area (Å²) in [4.78, 5) is 37.4. The van der Waals surface area contributed by atoms with Gasteiger partial charge in [-0.05, 0) is 29.2 Å². The maximum atomic E-state index is 12.5. The molecule has 2 aliphatic rings. The number of morpholine rings is 1. The fraction of sp³-hybridized carbons (Fsp3) is 0.400. The number of amides is 2. The number of ether oxygens (including phenoxy) is 2. The smallest absolute Gasteiger partial charge is 0.407 e. The molecule has 34 heavy (non-hydrogen) atoms. The minimum atomic E-state index is -1.47. The number of aliphatic carboxylic acids is 1. The van der Waals surface area contributed by atoms with Gasteiger partial charge in [0.05, 0.1) is 25.7 Å². The van der Waals surface area contributed by atoms with Gasteiger partial charge in [0.2, 0.25) is 5.91 Å². The topological polar surface area (TPSA) is 125 Å². The molecule has 2 amide bonds. The zero-order valence-electron chi connectivity index (χ0n) is 18.9. The van der Waals surface area contributed by atoms with Crippen LogP contribution in [0.5, 0.6) is 0 Å². The molecule has 0 aromatic heterocycles. The molecule has 9 heteroatoms. The molecule has 1 saturated heterocycles. The first-order valence-corrected chi connectivity index (χ1v) is 11.2. The fourth-order valence-corrected chi connectivity index (χ4v) is 4.47. The van der Waals surface area contributed by atoms with Crippen LogP contribution in [-0.4, -0.2) is 77.6 Å². The van der Waals surface area contributed by atoms with Crippen LogP contribution in [0.15, 0.2) is 48.5 Å². The fourth-order valence-electron chi connectivity index (χ4n) is 4.47. The summed E-state index contributed by atoms with van der Waals surface area (Å²) in [7, 11) is 0. The van der Waals surface area contributed by atoms with Crippen LogP contribution < -0.4 is 5.32 Å². The number of carbonyl (C=O) groups is 3. The van der Waals surface area contributed by atoms with E-state index in [1.54, 1.807) is 0 Å². The van der Waals surface area contributed by atoms with E-state index in [0.717, 1.165) is 22.3 Å². The Morgan fingerprint density at radius 3 is 2.38 bits per heavy atom. The maximum absolute atomic E-state index is 12.5. The lowest BCUT2D eigenvalue weighted by molar-refractivity contribution is -0.177. The first kappa shape index (κ1) is 23.7. The van der Waals surface area contributed by atoms with Gasteiger partial charge in [0.25, 0.3) is 0 Å². The molecule has 0 saturated carbocycles. The maximum Gasteiger partial charge on any atom is 0.407 e. The van der Waals surface area contributed by atoms with Crippen LogP contribution in [0, 0.1) is 0 Å². The van der Waals surface area contributed by atoms with Gasteiger partial charge >= 0.3 is 12.1 Å². The van der Waals surface area contributed by atoms with E-state index in [9.17, 15) is 24.6 Å². The third kappa shape index (κ3) is 4.90. The highest BCUT2D eigenvalue weighted by atomic mass is 16.5. The highest BCUT2D eigenvalue weighted by Crippen LogP contribution is 2.44. The Morgan fingerprint density at radius 2 is 1.76 bits per heavy atom. The number of fused-ring (bicyclic) bond motifs is 3. The summed E-state index contributed by atoms with van der Waals surface area (Å²) in [6, 6.07) is 16.0. The second kappa shape index (κ2) is 9.82. The number of nitrogens with one attached hydrogen (secondary N) is 1. The van der Waals surface area contributed by atoms with Crippen LogP contribution in [0.3, 0.4) is 0 Å². The molecular weight excluding hydrogens is 440 g/mol. The first-order chi connectivity index (χ1) is 16.3. The number of hydrogen-bond acceptors (Lipinski definition) is 6. The molecule has 1 fully saturated rings. The van der Waals surface area contributed by atoms with Crippen LogP contribution in [0.4, 0.5) is 4.79 Å². The van der Waals surface area contributed by atoms with E-state index in [2.05, 4.69) is 17.4 Å². The number of rotatable bonds is 7. The van der Waals surface area contributed by atoms with E-state index in [1.807, 2.05) is 36.4 Å². The van der Waals surface area contributed by atoms with Crippen molar-refractivity contribution in [2.24, 2.45) is 0 Å². The van der Waals surface area contributed by atoms with E-state index in [-0.39, 0.29) is 45.2 Å². The standard InChI is InChI=1S/C25H28N2O7/c1-25(23(30)31)15-27(10-11-34-25)22(29)12-16(28)13-26-24(32)33-14-21-19-8-4-2-6-17(19)18-7-3-5-9-20(18)21/h2-9,16,21,28H,10-15H2,1H3,(H,26,32)(H,30,31). The molecular formula is C25H28N2O7. The zero-order valence-corrected chi connectivity index (χ0v) is 18.9. The summed E-state index contributed by atoms with van der Waals surface area (Å²) in [6.07, 6.45) is -2.07. The lowest BCUT2D eigenvalue weighted by Gasteiger charge is -2.37. The molecule has 0 spiro atoms. The van der Waals surface area contributed by atoms with Gasteiger partial charge in [0.1, 0.15) is 6.61 Å². The molecule has 2 unspecified atom stereocenters. The number of alkyl carbamates (subject to hydrolysis) is 1. The number of aliphatic hydroxyl groups is 1. The van der Waals surface area contributed by atoms with Crippen molar-refractivity contribution < 1.29 is 34.1 Å². The van der Waals surface area contributed by atoms with Crippen molar-refractivity contribution in [1.82, 2.24) is 10.2 Å². The Morgan fingerprint density at radius 1 is 1.15 bits per heavy atom. The SMILES string of the molecule is CC1(C(=O)O)CN(C(=O)CC(O)CNC(=O)OCC2c3ccccc3-c3ccccc32)CCO1. The predicted octanol–water partition coefficient (Wildman–Crippen LogP) is 1.98. The predicted molar refractivity (Wildman–Crippen MR) is 122 cm³/mol. The van der Waals surface area contributed by atoms with Crippen LogP contribution in [-0.2, 0) is 19.1 Å². The number of carboxylic acid groups (broad SMARTS) is 1. The van der Waals surface area contributed by atoms with Crippen molar-refractivity contribution in [3.8, 4) is 11.1 Å². The largest absolute Gasteiger partial charge is 0.479 e. The van der Waals surface area contributed by atoms with Crippen molar-refractivity contribution in [2.75, 3.05) is 32.8 Å². The minimum Gasteiger partial charge on any atom is -0.479 e. The summed E-state index contributed by atoms with van der Waals surface area (Å²) in [6.45, 7) is 1.63. The third-order valence-electron chi connectivity index (χ3n) is 6.32. The molecule has 2 aromatic rings. The lowest BCUT2D eigenvalue weighted by atomic mass is 9.98. The molecule has 2 aromatic carbocycles. The molecule has 0 bridgehead atoms. The number of nitrogens with zero attached hydrogens (tertiary/aromatic N) is 1. The third-order valence-corrected chi connectivity index (χ3v) is 6.32. The quantitative estimate of drug-likeness (QED) is 0.567. The van der Waals surface area contributed by atoms with Crippen molar-refractivity contribution >= 4 is 18.0 Å². The molecule has 1 aliphatic carbocycles. The van der Waals surface area contributed by atoms with E-state index in [0.29, 0.717) is 0 Å². The Hall–Kier alpha value is -3.43. The Bertz CT molecular complexity index is 1040. The van der Waals surface area contributed by atoms with E-state index >= 15 is 0 Å². The van der Waals surface area contributed by atoms with Crippen LogP contribution >= 0.6 is 0 Å². The number of benzene rings is 2. The van der Waals surface area contributed by atoms with Gasteiger partial charge in [-0.15, -0.1) is 0 Å². The molecule has 0 radical (unpaired) electrons. The average Bonchev–Trinajstić information content (AvgIpc) is 3.15. The second-order valence-corrected chi connectivity index (χ2v) is 8.76. The van der Waals surface area contributed by atoms with Crippen molar-refractivity contribution in [1.29, 1.82) is 0 Å². The summed E-state index contributed by atoms with van der Waals surface area (Å²) < 4.78 is 10.7. The lowest BCUT2D eigenvalue weighted by Crippen LogP contribution is -2.56. The molecule has 180 valence electrons. The van der Waals surface area contributed by atoms with Crippen LogP contribution in [0.1, 0.15) is 30.4 Å². The highest BCUT2D eigenvalue weighted by molar-refractivity contribution is 5.81. The summed E-state index contributed by atoms with van der Waals surface area (Å²) >= 11 is 0. The van der Waals surface area contributed by atoms with E-state index in [4.69, 9.17) is 9.47 Å². The Labute approximate surface area is 197 Å². The van der Waals surface area contributed by atoms with Gasteiger partial charge in [-0.2, -0.15) is 0 Å². The number of carbonyl (C=O) groups excluding carboxylic acids is 2. The van der Waals surface area contributed by atoms with Crippen molar-refractivity contribution in [3.63, 3.8) is 0 Å². The Balaban J connectivity index is 1.25. The molecule has 4 rings (SSSR count). The summed E-state index contributed by atoms with van der Waals surface area (Å²) in [5, 5.41) is 22.0. The second-order valence-electron chi connectivity index (χ2n) is 8.76. The van der Waals surface area contributed by atoms with Gasteiger partial charge in [-0.25, -0.2) is 9.59 Å². The average molecular weight is 469 g/mol. The number of aliphatic hydroxyl groups excluding tert-OH is 1. The van der Waals surface area contributed by atoms with Crippen LogP contribution in [0.2, 0.25) is 0 Å². The Kier molecular flexibility index (Phi) is 6.85. The number of hydrogen-bond donors (Lipinski definition) is 3. The van der Waals surface area contributed by atoms with Gasteiger partial charge in [0, 0.05) is 19.0 Å². The zero-order chi connectivity index (χ0) is 24.3. The first-order valence-electron chi connectivity index (χ1n) is 11.2. The highest BCUT2D eigenvalue weighted by Gasteiger charge is 2.41. The summed E-state index contributed by atoms with van der Waals surface area (Å²) in [5.41, 5.74) is 2.98. The molecule has 3 N–H and O–H groups in total. The molecule has 1 heterocycles. The van der Waals surface area contributed by atoms with Crippen molar-refractivity contribution in [3.05, 3.63) is 59.7 Å². The van der Waals surface area contributed by atoms with E-state index in [1.165, 1.54) is 11.8 Å². The van der Waals surface area contributed by atoms with E-state index < -0.39 is 29.7 Å². The van der Waals surface area contributed by atoms with Gasteiger partial charge in [-0.3, -0.25) is 4.79 Å². The minimum absolute atomic E-state index is 0.0745. The molecule has 9 nitrogen and oxygen atoms in total. The monoisotopic (exact) mass is 468 g/mol. The van der Waals surface area contributed by atoms with Gasteiger partial charge in [-0.1, -0.05) is 48.5 Å². The molecule has 1 aliphatic heterocycles. The van der Waals surface area contributed by atoms with Crippen LogP contribution in [0.25, 0.3) is 11.1 Å². The normalized spacial score (nSPS) is 20.2. The number of carboxylic acids is 1.